The first kappa shape index (κ1) is 13.4. The molecule has 0 N–H and O–H groups in total. The molecule has 0 aliphatic carbocycles. The molecule has 0 saturated heterocycles. The Balaban J connectivity index is 2.80. The highest BCUT2D eigenvalue weighted by molar-refractivity contribution is 9.10. The number of hydrogen-bond acceptors (Lipinski definition) is 5. The van der Waals surface area contributed by atoms with Crippen LogP contribution in [0.1, 0.15) is 6.92 Å². The summed E-state index contributed by atoms with van der Waals surface area (Å²) in [5.74, 6) is -0.695. The monoisotopic (exact) mass is 303 g/mol. The van der Waals surface area contributed by atoms with Crippen LogP contribution in [-0.2, 0) is 16.1 Å². The Bertz CT molecular complexity index is 481. The minimum atomic E-state index is -0.586. The van der Waals surface area contributed by atoms with Crippen LogP contribution in [-0.4, -0.2) is 27.8 Å². The van der Waals surface area contributed by atoms with Gasteiger partial charge in [-0.25, -0.2) is 4.79 Å². The van der Waals surface area contributed by atoms with E-state index in [-0.39, 0.29) is 12.4 Å². The zero-order valence-electron chi connectivity index (χ0n) is 9.21. The van der Waals surface area contributed by atoms with Gasteiger partial charge in [-0.15, -0.1) is 0 Å². The Hall–Kier alpha value is -1.70. The summed E-state index contributed by atoms with van der Waals surface area (Å²) in [6.45, 7) is 1.85. The summed E-state index contributed by atoms with van der Waals surface area (Å²) >= 11 is 3.03. The van der Waals surface area contributed by atoms with Crippen LogP contribution >= 0.6 is 15.9 Å². The fourth-order valence-corrected chi connectivity index (χ4v) is 1.54. The maximum absolute atomic E-state index is 11.1. The molecule has 0 saturated carbocycles. The van der Waals surface area contributed by atoms with Crippen molar-refractivity contribution in [1.29, 1.82) is 0 Å². The highest BCUT2D eigenvalue weighted by atomic mass is 79.9. The Morgan fingerprint density at radius 1 is 1.76 bits per heavy atom. The van der Waals surface area contributed by atoms with E-state index in [0.29, 0.717) is 10.0 Å². The molecule has 0 amide bonds. The third kappa shape index (κ3) is 3.38. The molecule has 7 nitrogen and oxygen atoms in total. The summed E-state index contributed by atoms with van der Waals surface area (Å²) in [6.07, 6.45) is 3.05. The number of carbonyl (C=O) groups is 1. The Labute approximate surface area is 105 Å². The minimum absolute atomic E-state index is 0.255. The Kier molecular flexibility index (Phi) is 4.38. The molecular formula is C9H10BrN3O4. The number of nitro groups is 1. The number of nitrogens with zero attached hydrogens (tertiary/aromatic N) is 3. The van der Waals surface area contributed by atoms with Gasteiger partial charge in [-0.05, 0) is 27.8 Å². The predicted molar refractivity (Wildman–Crippen MR) is 62.4 cm³/mol. The molecule has 0 bridgehead atoms. The van der Waals surface area contributed by atoms with E-state index in [9.17, 15) is 14.9 Å². The van der Waals surface area contributed by atoms with Crippen LogP contribution in [0.15, 0.2) is 22.3 Å². The molecule has 0 aliphatic rings. The number of rotatable bonds is 4. The first-order valence-corrected chi connectivity index (χ1v) is 5.37. The number of methoxy groups -OCH3 is 1. The SMILES string of the molecule is COC(=O)C(C)=CCn1cc(Br)c([N+](=O)[O-])n1. The van der Waals surface area contributed by atoms with Crippen molar-refractivity contribution in [2.75, 3.05) is 7.11 Å². The van der Waals surface area contributed by atoms with E-state index in [2.05, 4.69) is 25.8 Å². The van der Waals surface area contributed by atoms with Gasteiger partial charge in [-0.1, -0.05) is 6.08 Å². The second-order valence-corrected chi connectivity index (χ2v) is 4.01. The van der Waals surface area contributed by atoms with Crippen LogP contribution in [0.4, 0.5) is 5.82 Å². The average Bonchev–Trinajstić information content (AvgIpc) is 2.66. The molecular weight excluding hydrogens is 294 g/mol. The van der Waals surface area contributed by atoms with Crippen LogP contribution in [0, 0.1) is 10.1 Å². The standard InChI is InChI=1S/C9H10BrN3O4/c1-6(9(14)17-2)3-4-12-5-7(10)8(11-12)13(15)16/h3,5H,4H2,1-2H3. The highest BCUT2D eigenvalue weighted by Crippen LogP contribution is 2.21. The van der Waals surface area contributed by atoms with E-state index in [1.165, 1.54) is 18.0 Å². The molecule has 1 rings (SSSR count). The van der Waals surface area contributed by atoms with Crippen LogP contribution in [0.2, 0.25) is 0 Å². The molecule has 0 spiro atoms. The van der Waals surface area contributed by atoms with Crippen molar-refractivity contribution in [3.05, 3.63) is 32.4 Å². The molecule has 92 valence electrons. The molecule has 1 aromatic rings. The quantitative estimate of drug-likeness (QED) is 0.365. The lowest BCUT2D eigenvalue weighted by Gasteiger charge is -1.97. The number of carbonyl (C=O) groups excluding carboxylic acids is 1. The summed E-state index contributed by atoms with van der Waals surface area (Å²) < 4.78 is 6.17. The minimum Gasteiger partial charge on any atom is -0.466 e. The second-order valence-electron chi connectivity index (χ2n) is 3.16. The van der Waals surface area contributed by atoms with E-state index in [1.807, 2.05) is 0 Å². The molecule has 8 heteroatoms. The third-order valence-corrected chi connectivity index (χ3v) is 2.52. The first-order valence-electron chi connectivity index (χ1n) is 4.58. The lowest BCUT2D eigenvalue weighted by Crippen LogP contribution is -2.04. The normalized spacial score (nSPS) is 11.4. The van der Waals surface area contributed by atoms with Crippen molar-refractivity contribution in [2.24, 2.45) is 0 Å². The zero-order chi connectivity index (χ0) is 13.0. The molecule has 0 atom stereocenters. The van der Waals surface area contributed by atoms with Crippen molar-refractivity contribution in [1.82, 2.24) is 9.78 Å². The fraction of sp³-hybridized carbons (Fsp3) is 0.333. The topological polar surface area (TPSA) is 87.3 Å². The maximum Gasteiger partial charge on any atom is 0.404 e. The molecule has 1 heterocycles. The van der Waals surface area contributed by atoms with Crippen LogP contribution in [0.3, 0.4) is 0 Å². The number of aromatic nitrogens is 2. The summed E-state index contributed by atoms with van der Waals surface area (Å²) in [5.41, 5.74) is 0.418. The number of halogens is 1. The molecule has 0 unspecified atom stereocenters. The van der Waals surface area contributed by atoms with Crippen LogP contribution in [0.5, 0.6) is 0 Å². The van der Waals surface area contributed by atoms with E-state index in [1.54, 1.807) is 13.0 Å². The van der Waals surface area contributed by atoms with E-state index in [4.69, 9.17) is 0 Å². The number of allylic oxidation sites excluding steroid dienone is 1. The maximum atomic E-state index is 11.1. The molecule has 0 aromatic carbocycles. The Morgan fingerprint density at radius 3 is 2.88 bits per heavy atom. The van der Waals surface area contributed by atoms with Crippen molar-refractivity contribution < 1.29 is 14.5 Å². The smallest absolute Gasteiger partial charge is 0.404 e. The van der Waals surface area contributed by atoms with Gasteiger partial charge >= 0.3 is 11.8 Å². The zero-order valence-corrected chi connectivity index (χ0v) is 10.8. The van der Waals surface area contributed by atoms with Crippen molar-refractivity contribution in [3.8, 4) is 0 Å². The Morgan fingerprint density at radius 2 is 2.41 bits per heavy atom. The van der Waals surface area contributed by atoms with E-state index in [0.717, 1.165) is 0 Å². The summed E-state index contributed by atoms with van der Waals surface area (Å²) in [4.78, 5) is 21.0. The van der Waals surface area contributed by atoms with Crippen molar-refractivity contribution in [3.63, 3.8) is 0 Å². The largest absolute Gasteiger partial charge is 0.466 e. The molecule has 1 aromatic heterocycles. The fourth-order valence-electron chi connectivity index (χ4n) is 1.08. The summed E-state index contributed by atoms with van der Waals surface area (Å²) in [7, 11) is 1.29. The first-order chi connectivity index (χ1) is 7.95. The second kappa shape index (κ2) is 5.58. The van der Waals surface area contributed by atoms with Gasteiger partial charge in [0.25, 0.3) is 0 Å². The lowest BCUT2D eigenvalue weighted by molar-refractivity contribution is -0.390. The van der Waals surface area contributed by atoms with E-state index >= 15 is 0 Å². The number of ether oxygens (including phenoxy) is 1. The van der Waals surface area contributed by atoms with Crippen LogP contribution in [0.25, 0.3) is 0 Å². The van der Waals surface area contributed by atoms with Crippen LogP contribution < -0.4 is 0 Å². The van der Waals surface area contributed by atoms with Gasteiger partial charge in [0.15, 0.2) is 0 Å². The van der Waals surface area contributed by atoms with Crippen molar-refractivity contribution >= 4 is 27.7 Å². The predicted octanol–water partition coefficient (Wildman–Crippen LogP) is 1.67. The van der Waals surface area contributed by atoms with Gasteiger partial charge < -0.3 is 14.9 Å². The van der Waals surface area contributed by atoms with Gasteiger partial charge in [0.2, 0.25) is 0 Å². The summed E-state index contributed by atoms with van der Waals surface area (Å²) in [6, 6.07) is 0. The summed E-state index contributed by atoms with van der Waals surface area (Å²) in [5, 5.41) is 14.3. The van der Waals surface area contributed by atoms with Gasteiger partial charge in [0, 0.05) is 5.57 Å². The average molecular weight is 304 g/mol. The number of esters is 1. The molecule has 0 fully saturated rings. The van der Waals surface area contributed by atoms with Gasteiger partial charge in [-0.3, -0.25) is 0 Å². The lowest BCUT2D eigenvalue weighted by atomic mass is 10.3. The molecule has 17 heavy (non-hydrogen) atoms. The van der Waals surface area contributed by atoms with Gasteiger partial charge in [-0.2, -0.15) is 4.68 Å². The number of hydrogen-bond donors (Lipinski definition) is 0. The van der Waals surface area contributed by atoms with Gasteiger partial charge in [0.1, 0.15) is 4.47 Å². The molecule has 0 radical (unpaired) electrons. The van der Waals surface area contributed by atoms with Gasteiger partial charge in [0.05, 0.1) is 25.0 Å². The molecule has 0 aliphatic heterocycles. The van der Waals surface area contributed by atoms with E-state index < -0.39 is 10.9 Å². The van der Waals surface area contributed by atoms with Crippen molar-refractivity contribution in [2.45, 2.75) is 13.5 Å². The third-order valence-electron chi connectivity index (χ3n) is 1.96. The highest BCUT2D eigenvalue weighted by Gasteiger charge is 2.17.